The van der Waals surface area contributed by atoms with Gasteiger partial charge in [-0.15, -0.1) is 0 Å². The molecular weight excluding hydrogens is 430 g/mol. The highest BCUT2D eigenvalue weighted by Gasteiger charge is 2.41. The van der Waals surface area contributed by atoms with Gasteiger partial charge in [-0.25, -0.2) is 4.79 Å². The molecule has 172 valence electrons. The summed E-state index contributed by atoms with van der Waals surface area (Å²) in [6.45, 7) is 0.423. The Labute approximate surface area is 197 Å². The lowest BCUT2D eigenvalue weighted by Crippen LogP contribution is -2.31. The maximum Gasteiger partial charge on any atom is 0.340 e. The molecule has 6 nitrogen and oxygen atoms in total. The SMILES string of the molecule is COC(=O)C1=C(N)OC2=C(C(=O)CCC2)[C@@H]1c1ccc(OCc2cccc3ccccc23)cc1. The summed E-state index contributed by atoms with van der Waals surface area (Å²) in [5.41, 5.74) is 8.61. The summed E-state index contributed by atoms with van der Waals surface area (Å²) in [6.07, 6.45) is 1.73. The number of fused-ring (bicyclic) bond motifs is 1. The average molecular weight is 456 g/mol. The maximum atomic E-state index is 12.8. The summed E-state index contributed by atoms with van der Waals surface area (Å²) >= 11 is 0. The predicted molar refractivity (Wildman–Crippen MR) is 128 cm³/mol. The van der Waals surface area contributed by atoms with Gasteiger partial charge in [0.2, 0.25) is 5.88 Å². The Morgan fingerprint density at radius 1 is 1.03 bits per heavy atom. The first-order valence-electron chi connectivity index (χ1n) is 11.3. The molecule has 34 heavy (non-hydrogen) atoms. The number of carbonyl (C=O) groups excluding carboxylic acids is 2. The molecule has 1 atom stereocenters. The van der Waals surface area contributed by atoms with Gasteiger partial charge in [-0.05, 0) is 40.5 Å². The molecule has 0 aromatic heterocycles. The van der Waals surface area contributed by atoms with Crippen molar-refractivity contribution in [2.24, 2.45) is 5.73 Å². The van der Waals surface area contributed by atoms with Crippen molar-refractivity contribution in [1.29, 1.82) is 0 Å². The topological polar surface area (TPSA) is 87.9 Å². The smallest absolute Gasteiger partial charge is 0.340 e. The number of Topliss-reactive ketones (excluding diaryl/α,β-unsaturated/α-hetero) is 1. The highest BCUT2D eigenvalue weighted by molar-refractivity contribution is 6.03. The van der Waals surface area contributed by atoms with Crippen LogP contribution in [-0.4, -0.2) is 18.9 Å². The third-order valence-corrected chi connectivity index (χ3v) is 6.38. The minimum atomic E-state index is -0.629. The Morgan fingerprint density at radius 2 is 1.79 bits per heavy atom. The molecule has 0 saturated carbocycles. The number of hydrogen-bond acceptors (Lipinski definition) is 6. The molecule has 2 N–H and O–H groups in total. The zero-order valence-electron chi connectivity index (χ0n) is 18.9. The molecule has 3 aromatic rings. The molecule has 0 bridgehead atoms. The van der Waals surface area contributed by atoms with E-state index in [9.17, 15) is 9.59 Å². The first-order valence-corrected chi connectivity index (χ1v) is 11.3. The second-order valence-electron chi connectivity index (χ2n) is 8.41. The van der Waals surface area contributed by atoms with Crippen molar-refractivity contribution >= 4 is 22.5 Å². The van der Waals surface area contributed by atoms with Crippen LogP contribution in [-0.2, 0) is 25.7 Å². The van der Waals surface area contributed by atoms with Crippen molar-refractivity contribution in [3.8, 4) is 5.75 Å². The van der Waals surface area contributed by atoms with Gasteiger partial charge in [-0.3, -0.25) is 4.79 Å². The van der Waals surface area contributed by atoms with Gasteiger partial charge in [0.25, 0.3) is 0 Å². The molecule has 0 amide bonds. The fourth-order valence-corrected chi connectivity index (χ4v) is 4.73. The molecule has 1 heterocycles. The lowest BCUT2D eigenvalue weighted by atomic mass is 9.77. The van der Waals surface area contributed by atoms with Crippen LogP contribution in [0.15, 0.2) is 89.5 Å². The number of carbonyl (C=O) groups is 2. The zero-order chi connectivity index (χ0) is 23.7. The zero-order valence-corrected chi connectivity index (χ0v) is 18.9. The van der Waals surface area contributed by atoms with E-state index in [1.807, 2.05) is 42.5 Å². The van der Waals surface area contributed by atoms with Gasteiger partial charge >= 0.3 is 5.97 Å². The Balaban J connectivity index is 1.43. The summed E-state index contributed by atoms with van der Waals surface area (Å²) in [7, 11) is 1.29. The van der Waals surface area contributed by atoms with Gasteiger partial charge in [-0.2, -0.15) is 0 Å². The van der Waals surface area contributed by atoms with Crippen molar-refractivity contribution in [2.75, 3.05) is 7.11 Å². The first-order chi connectivity index (χ1) is 16.6. The highest BCUT2D eigenvalue weighted by atomic mass is 16.5. The number of hydrogen-bond donors (Lipinski definition) is 1. The van der Waals surface area contributed by atoms with Crippen molar-refractivity contribution in [3.05, 3.63) is 101 Å². The first kappa shape index (κ1) is 21.8. The van der Waals surface area contributed by atoms with Gasteiger partial charge in [0.05, 0.1) is 13.0 Å². The van der Waals surface area contributed by atoms with Gasteiger partial charge in [0.1, 0.15) is 23.7 Å². The molecule has 0 saturated heterocycles. The van der Waals surface area contributed by atoms with E-state index in [2.05, 4.69) is 24.3 Å². The molecule has 5 rings (SSSR count). The largest absolute Gasteiger partial charge is 0.489 e. The molecule has 0 fully saturated rings. The van der Waals surface area contributed by atoms with E-state index >= 15 is 0 Å². The molecule has 0 spiro atoms. The fraction of sp³-hybridized carbons (Fsp3) is 0.214. The van der Waals surface area contributed by atoms with Gasteiger partial charge in [-0.1, -0.05) is 54.6 Å². The van der Waals surface area contributed by atoms with Crippen molar-refractivity contribution in [2.45, 2.75) is 31.8 Å². The summed E-state index contributed by atoms with van der Waals surface area (Å²) in [5.74, 6) is -0.0509. The maximum absolute atomic E-state index is 12.8. The van der Waals surface area contributed by atoms with E-state index in [1.54, 1.807) is 0 Å². The number of ether oxygens (including phenoxy) is 3. The molecule has 0 radical (unpaired) electrons. The molecule has 1 aliphatic carbocycles. The van der Waals surface area contributed by atoms with Crippen LogP contribution in [0, 0.1) is 0 Å². The predicted octanol–water partition coefficient (Wildman–Crippen LogP) is 4.88. The Hall–Kier alpha value is -4.06. The third kappa shape index (κ3) is 3.92. The van der Waals surface area contributed by atoms with Crippen LogP contribution in [0.1, 0.15) is 36.3 Å². The second-order valence-corrected chi connectivity index (χ2v) is 8.41. The summed E-state index contributed by atoms with van der Waals surface area (Å²) in [4.78, 5) is 25.4. The van der Waals surface area contributed by atoms with Crippen molar-refractivity contribution in [3.63, 3.8) is 0 Å². The summed E-state index contributed by atoms with van der Waals surface area (Å²) in [5, 5.41) is 2.32. The third-order valence-electron chi connectivity index (χ3n) is 6.38. The number of ketones is 1. The second kappa shape index (κ2) is 9.06. The Kier molecular flexibility index (Phi) is 5.80. The number of esters is 1. The molecular formula is C28H25NO5. The molecule has 3 aromatic carbocycles. The standard InChI is InChI=1S/C28H25NO5/c1-32-28(31)26-24(25-22(30)10-5-11-23(25)34-27(26)29)18-12-14-20(15-13-18)33-16-19-8-4-7-17-6-2-3-9-21(17)19/h2-4,6-9,12-15,24H,5,10-11,16,29H2,1H3/t24-/m0/s1. The van der Waals surface area contributed by atoms with E-state index in [0.29, 0.717) is 43.0 Å². The normalized spacial score (nSPS) is 17.9. The van der Waals surface area contributed by atoms with Gasteiger partial charge in [0, 0.05) is 18.4 Å². The number of allylic oxidation sites excluding steroid dienone is 2. The fourth-order valence-electron chi connectivity index (χ4n) is 4.73. The van der Waals surface area contributed by atoms with E-state index in [-0.39, 0.29) is 17.2 Å². The lowest BCUT2D eigenvalue weighted by molar-refractivity contribution is -0.136. The molecule has 2 aliphatic rings. The van der Waals surface area contributed by atoms with E-state index in [4.69, 9.17) is 19.9 Å². The average Bonchev–Trinajstić information content (AvgIpc) is 2.86. The molecule has 0 unspecified atom stereocenters. The van der Waals surface area contributed by atoms with Gasteiger partial charge < -0.3 is 19.9 Å². The monoisotopic (exact) mass is 455 g/mol. The quantitative estimate of drug-likeness (QED) is 0.552. The van der Waals surface area contributed by atoms with Crippen LogP contribution in [0.5, 0.6) is 5.75 Å². The Bertz CT molecular complexity index is 1330. The van der Waals surface area contributed by atoms with Crippen molar-refractivity contribution < 1.29 is 23.8 Å². The summed E-state index contributed by atoms with van der Waals surface area (Å²) < 4.78 is 16.7. The number of benzene rings is 3. The van der Waals surface area contributed by atoms with Crippen LogP contribution in [0.2, 0.25) is 0 Å². The van der Waals surface area contributed by atoms with E-state index in [0.717, 1.165) is 16.5 Å². The summed E-state index contributed by atoms with van der Waals surface area (Å²) in [6, 6.07) is 21.7. The lowest BCUT2D eigenvalue weighted by Gasteiger charge is -2.32. The minimum absolute atomic E-state index is 0.0124. The van der Waals surface area contributed by atoms with Crippen LogP contribution in [0.25, 0.3) is 10.8 Å². The molecule has 6 heteroatoms. The number of methoxy groups -OCH3 is 1. The van der Waals surface area contributed by atoms with Crippen LogP contribution in [0.4, 0.5) is 0 Å². The molecule has 1 aliphatic heterocycles. The van der Waals surface area contributed by atoms with Gasteiger partial charge in [0.15, 0.2) is 5.78 Å². The van der Waals surface area contributed by atoms with Crippen LogP contribution in [0.3, 0.4) is 0 Å². The Morgan fingerprint density at radius 3 is 2.59 bits per heavy atom. The van der Waals surface area contributed by atoms with Crippen molar-refractivity contribution in [1.82, 2.24) is 0 Å². The number of nitrogens with two attached hydrogens (primary N) is 1. The number of rotatable bonds is 5. The highest BCUT2D eigenvalue weighted by Crippen LogP contribution is 2.44. The van der Waals surface area contributed by atoms with Crippen LogP contribution >= 0.6 is 0 Å². The van der Waals surface area contributed by atoms with E-state index in [1.165, 1.54) is 12.5 Å². The van der Waals surface area contributed by atoms with Crippen LogP contribution < -0.4 is 10.5 Å². The van der Waals surface area contributed by atoms with E-state index < -0.39 is 11.9 Å². The minimum Gasteiger partial charge on any atom is -0.489 e.